The number of halogens is 1. The lowest BCUT2D eigenvalue weighted by molar-refractivity contribution is -0.0567. The topological polar surface area (TPSA) is 261 Å². The van der Waals surface area contributed by atoms with Gasteiger partial charge in [0.25, 0.3) is 0 Å². The Bertz CT molecular complexity index is 1340. The minimum absolute atomic E-state index is 0.0207. The third-order valence-corrected chi connectivity index (χ3v) is 9.00. The normalized spacial score (nSPS) is 43.8. The maximum atomic E-state index is 12.2. The number of phosphoric ester groups is 2. The summed E-state index contributed by atoms with van der Waals surface area (Å²) in [6.07, 6.45) is -11.1. The molecule has 0 saturated carbocycles. The van der Waals surface area contributed by atoms with Crippen LogP contribution in [0, 0.1) is 5.41 Å². The van der Waals surface area contributed by atoms with Gasteiger partial charge in [0.1, 0.15) is 43.0 Å². The van der Waals surface area contributed by atoms with Gasteiger partial charge >= 0.3 is 15.6 Å². The van der Waals surface area contributed by atoms with E-state index >= 15 is 0 Å². The summed E-state index contributed by atoms with van der Waals surface area (Å²) in [7, 11) is -10.5. The van der Waals surface area contributed by atoms with Crippen LogP contribution in [0.4, 0.5) is 0 Å². The van der Waals surface area contributed by atoms with Crippen molar-refractivity contribution in [2.75, 3.05) is 13.2 Å². The quantitative estimate of drug-likeness (QED) is 0.124. The number of hydrogen-bond acceptors (Lipinski definition) is 14. The smallest absolute Gasteiger partial charge is 0.387 e. The second-order valence-corrected chi connectivity index (χ2v) is 11.9. The van der Waals surface area contributed by atoms with Crippen molar-refractivity contribution in [2.45, 2.75) is 49.1 Å². The molecule has 2 saturated heterocycles. The Morgan fingerprint density at radius 2 is 1.47 bits per heavy atom. The van der Waals surface area contributed by atoms with Crippen LogP contribution < -0.4 is 5.49 Å². The molecule has 6 rings (SSSR count). The van der Waals surface area contributed by atoms with E-state index in [1.807, 2.05) is 0 Å². The van der Waals surface area contributed by atoms with E-state index in [1.54, 1.807) is 0 Å². The summed E-state index contributed by atoms with van der Waals surface area (Å²) in [5, 5.41) is 50.3. The minimum Gasteiger partial charge on any atom is -0.387 e. The molecule has 10 atom stereocenters. The molecule has 8 bridgehead atoms. The Kier molecular flexibility index (Phi) is 6.80. The van der Waals surface area contributed by atoms with E-state index in [0.29, 0.717) is 0 Å². The highest BCUT2D eigenvalue weighted by molar-refractivity contribution is 9.10. The molecule has 2 aromatic rings. The summed E-state index contributed by atoms with van der Waals surface area (Å²) < 4.78 is 51.3. The van der Waals surface area contributed by atoms with Crippen LogP contribution in [-0.4, -0.2) is 99.2 Å². The highest BCUT2D eigenvalue weighted by Gasteiger charge is 2.49. The van der Waals surface area contributed by atoms with Gasteiger partial charge in [-0.1, -0.05) is 0 Å². The van der Waals surface area contributed by atoms with Crippen molar-refractivity contribution in [3.05, 3.63) is 16.5 Å². The van der Waals surface area contributed by atoms with E-state index in [0.717, 1.165) is 10.9 Å². The minimum atomic E-state index is -5.27. The first-order valence-electron chi connectivity index (χ1n) is 10.2. The summed E-state index contributed by atoms with van der Waals surface area (Å²) in [5.41, 5.74) is -0.357. The van der Waals surface area contributed by atoms with E-state index in [9.17, 15) is 39.3 Å². The van der Waals surface area contributed by atoms with Gasteiger partial charge in [-0.25, -0.2) is 19.1 Å². The van der Waals surface area contributed by atoms with Crippen LogP contribution >= 0.6 is 31.6 Å². The maximum Gasteiger partial charge on any atom is 0.481 e. The van der Waals surface area contributed by atoms with E-state index in [2.05, 4.69) is 39.3 Å². The lowest BCUT2D eigenvalue weighted by atomic mass is 10.1. The molecule has 0 amide bonds. The third-order valence-electron chi connectivity index (χ3n) is 5.84. The summed E-state index contributed by atoms with van der Waals surface area (Å²) in [4.78, 5) is 28.1. The van der Waals surface area contributed by atoms with Crippen LogP contribution in [0.15, 0.2) is 11.1 Å². The molecule has 36 heavy (non-hydrogen) atoms. The fourth-order valence-corrected chi connectivity index (χ4v) is 6.72. The molecular weight excluding hydrogens is 600 g/mol. The van der Waals surface area contributed by atoms with Crippen LogP contribution in [0.25, 0.3) is 11.2 Å². The number of fused-ring (bicyclic) bond motifs is 7. The first-order valence-corrected chi connectivity index (χ1v) is 14.0. The van der Waals surface area contributed by atoms with Gasteiger partial charge in [-0.05, 0) is 15.9 Å². The molecule has 0 aromatic carbocycles. The Morgan fingerprint density at radius 3 is 2.06 bits per heavy atom. The number of phosphoric acid groups is 2. The SMILES string of the molecule is N=c1c2nc(Br)n3c2ncn1[C@H]1O[C@H](COP(=O)(O)OP(=O)(O)OC[C@H]2O[C@@H]3[C@@H](O)C2O)C(O)C1O. The van der Waals surface area contributed by atoms with Gasteiger partial charge < -0.3 is 39.7 Å². The molecular formula is C15H20BrN5O13P2. The van der Waals surface area contributed by atoms with Gasteiger partial charge in [-0.3, -0.25) is 23.6 Å². The standard InChI is InChI=1S/C15H20BrN5O13P2/c16-15-19-6-11(17)20-3-18-12(6)21(15)14-10(25)8(23)5(33-14)2-31-36(28,29)34-35(26,27)30-1-4-7(22)9(24)13(20)32-4/h3-5,7-10,13-14,17,22-25H,1-2H2,(H,26,27)(H,28,29)/t4-,5-,7?,8?,9?,10+,13+,14-/m1/s1. The average Bonchev–Trinajstić information content (AvgIpc) is 3.37. The Hall–Kier alpha value is -1.15. The monoisotopic (exact) mass is 619 g/mol. The molecule has 21 heteroatoms. The zero-order valence-electron chi connectivity index (χ0n) is 17.7. The molecule has 18 nitrogen and oxygen atoms in total. The fourth-order valence-electron chi connectivity index (χ4n) is 4.08. The van der Waals surface area contributed by atoms with Crippen LogP contribution in [-0.2, 0) is 32.0 Å². The average molecular weight is 620 g/mol. The number of imidazole rings is 1. The van der Waals surface area contributed by atoms with Gasteiger partial charge in [0.15, 0.2) is 33.8 Å². The van der Waals surface area contributed by atoms with Crippen molar-refractivity contribution in [3.8, 4) is 0 Å². The highest BCUT2D eigenvalue weighted by Crippen LogP contribution is 2.60. The van der Waals surface area contributed by atoms with Crippen molar-refractivity contribution in [3.63, 3.8) is 0 Å². The van der Waals surface area contributed by atoms with Crippen LogP contribution in [0.3, 0.4) is 0 Å². The molecule has 6 heterocycles. The molecule has 4 aliphatic rings. The van der Waals surface area contributed by atoms with Crippen molar-refractivity contribution in [2.24, 2.45) is 0 Å². The molecule has 2 fully saturated rings. The Balaban J connectivity index is 1.61. The number of ether oxygens (including phenoxy) is 2. The van der Waals surface area contributed by atoms with Crippen molar-refractivity contribution in [1.29, 1.82) is 5.41 Å². The highest BCUT2D eigenvalue weighted by atomic mass is 79.9. The van der Waals surface area contributed by atoms with E-state index in [1.165, 1.54) is 4.57 Å². The zero-order chi connectivity index (χ0) is 26.2. The van der Waals surface area contributed by atoms with Gasteiger partial charge in [0.2, 0.25) is 0 Å². The van der Waals surface area contributed by atoms with Crippen LogP contribution in [0.1, 0.15) is 12.5 Å². The second kappa shape index (κ2) is 9.25. The molecule has 200 valence electrons. The summed E-state index contributed by atoms with van der Waals surface area (Å²) in [5.74, 6) is 0. The molecule has 4 aliphatic heterocycles. The predicted octanol–water partition coefficient (Wildman–Crippen LogP) is -2.02. The number of aromatic nitrogens is 4. The molecule has 0 aliphatic carbocycles. The van der Waals surface area contributed by atoms with E-state index < -0.39 is 77.9 Å². The first-order chi connectivity index (χ1) is 16.8. The number of rotatable bonds is 0. The van der Waals surface area contributed by atoms with Gasteiger partial charge in [0, 0.05) is 0 Å². The number of hydrogen-bond donors (Lipinski definition) is 7. The largest absolute Gasteiger partial charge is 0.481 e. The fraction of sp³-hybridized carbons (Fsp3) is 0.667. The van der Waals surface area contributed by atoms with Crippen molar-refractivity contribution >= 4 is 42.7 Å². The lowest BCUT2D eigenvalue weighted by Gasteiger charge is -2.21. The van der Waals surface area contributed by atoms with Crippen molar-refractivity contribution in [1.82, 2.24) is 19.1 Å². The van der Waals surface area contributed by atoms with E-state index in [4.69, 9.17) is 14.9 Å². The Labute approximate surface area is 208 Å². The summed E-state index contributed by atoms with van der Waals surface area (Å²) >= 11 is 3.19. The van der Waals surface area contributed by atoms with Crippen LogP contribution in [0.2, 0.25) is 0 Å². The number of nitrogens with one attached hydrogen (secondary N) is 1. The number of nitrogens with zero attached hydrogens (tertiary/aromatic N) is 4. The number of aliphatic hydroxyl groups excluding tert-OH is 4. The number of aliphatic hydroxyl groups is 4. The van der Waals surface area contributed by atoms with Gasteiger partial charge in [-0.2, -0.15) is 4.31 Å². The predicted molar refractivity (Wildman–Crippen MR) is 114 cm³/mol. The summed E-state index contributed by atoms with van der Waals surface area (Å²) in [6.45, 7) is -1.73. The summed E-state index contributed by atoms with van der Waals surface area (Å²) in [6, 6.07) is 0. The Morgan fingerprint density at radius 1 is 0.944 bits per heavy atom. The maximum absolute atomic E-state index is 12.2. The van der Waals surface area contributed by atoms with Crippen molar-refractivity contribution < 1.29 is 62.2 Å². The van der Waals surface area contributed by atoms with Gasteiger partial charge in [0.05, 0.1) is 13.2 Å². The zero-order valence-corrected chi connectivity index (χ0v) is 21.1. The van der Waals surface area contributed by atoms with Gasteiger partial charge in [-0.15, -0.1) is 0 Å². The molecule has 2 aromatic heterocycles. The van der Waals surface area contributed by atoms with E-state index in [-0.39, 0.29) is 21.4 Å². The molecule has 0 spiro atoms. The third kappa shape index (κ3) is 4.52. The molecule has 7 N–H and O–H groups in total. The second-order valence-electron chi connectivity index (χ2n) is 8.13. The lowest BCUT2D eigenvalue weighted by Crippen LogP contribution is -2.36. The van der Waals surface area contributed by atoms with Crippen LogP contribution in [0.5, 0.6) is 0 Å². The first kappa shape index (κ1) is 26.5. The molecule has 0 radical (unpaired) electrons. The molecule has 5 unspecified atom stereocenters.